The highest BCUT2D eigenvalue weighted by Gasteiger charge is 2.47. The normalized spacial score (nSPS) is 17.4. The fourth-order valence-corrected chi connectivity index (χ4v) is 5.60. The van der Waals surface area contributed by atoms with Crippen LogP contribution in [0, 0.1) is 0 Å². The number of hydrogen-bond donors (Lipinski definition) is 3. The van der Waals surface area contributed by atoms with Gasteiger partial charge in [0.25, 0.3) is 11.8 Å². The highest BCUT2D eigenvalue weighted by Crippen LogP contribution is 2.40. The number of amides is 3. The van der Waals surface area contributed by atoms with Gasteiger partial charge < -0.3 is 34.5 Å². The second kappa shape index (κ2) is 13.5. The number of ether oxygens (including phenoxy) is 2. The molecule has 11 heteroatoms. The predicted octanol–water partition coefficient (Wildman–Crippen LogP) is 4.96. The number of benzene rings is 2. The summed E-state index contributed by atoms with van der Waals surface area (Å²) in [7, 11) is -2.19. The van der Waals surface area contributed by atoms with Crippen LogP contribution in [0.2, 0.25) is 18.1 Å². The molecule has 1 fully saturated rings. The summed E-state index contributed by atoms with van der Waals surface area (Å²) in [6.07, 6.45) is -0.120. The number of aliphatic hydroxyl groups is 1. The first-order valence-corrected chi connectivity index (χ1v) is 17.5. The molecular formula is C32H47N3O7Si. The van der Waals surface area contributed by atoms with E-state index in [4.69, 9.17) is 13.9 Å². The van der Waals surface area contributed by atoms with Gasteiger partial charge in [-0.2, -0.15) is 0 Å². The molecule has 10 nitrogen and oxygen atoms in total. The third-order valence-electron chi connectivity index (χ3n) is 7.60. The molecule has 3 rings (SSSR count). The smallest absolute Gasteiger partial charge is 0.407 e. The molecule has 1 atom stereocenters. The van der Waals surface area contributed by atoms with Gasteiger partial charge in [0, 0.05) is 31.6 Å². The van der Waals surface area contributed by atoms with E-state index in [1.807, 2.05) is 12.1 Å². The summed E-state index contributed by atoms with van der Waals surface area (Å²) in [5, 5.41) is 16.5. The van der Waals surface area contributed by atoms with Gasteiger partial charge in [0.2, 0.25) is 0 Å². The van der Waals surface area contributed by atoms with Crippen LogP contribution in [0.5, 0.6) is 5.75 Å². The Kier molecular flexibility index (Phi) is 10.7. The van der Waals surface area contributed by atoms with E-state index in [-0.39, 0.29) is 30.0 Å². The molecule has 1 aliphatic heterocycles. The molecule has 0 radical (unpaired) electrons. The van der Waals surface area contributed by atoms with E-state index >= 15 is 0 Å². The Morgan fingerprint density at radius 3 is 2.02 bits per heavy atom. The van der Waals surface area contributed by atoms with Crippen LogP contribution in [0.1, 0.15) is 69.4 Å². The van der Waals surface area contributed by atoms with Crippen molar-refractivity contribution >= 4 is 26.2 Å². The second-order valence-corrected chi connectivity index (χ2v) is 18.3. The highest BCUT2D eigenvalue weighted by molar-refractivity contribution is 6.74. The predicted molar refractivity (Wildman–Crippen MR) is 167 cm³/mol. The summed E-state index contributed by atoms with van der Waals surface area (Å²) < 4.78 is 17.1. The molecule has 3 N–H and O–H groups in total. The van der Waals surface area contributed by atoms with Crippen molar-refractivity contribution in [2.75, 3.05) is 19.7 Å². The molecule has 1 heterocycles. The number of rotatable bonds is 10. The second-order valence-electron chi connectivity index (χ2n) is 13.5. The van der Waals surface area contributed by atoms with E-state index in [1.165, 1.54) is 0 Å². The highest BCUT2D eigenvalue weighted by atomic mass is 28.4. The zero-order valence-electron chi connectivity index (χ0n) is 26.7. The van der Waals surface area contributed by atoms with Crippen LogP contribution in [0.15, 0.2) is 48.5 Å². The molecule has 1 saturated heterocycles. The van der Waals surface area contributed by atoms with Crippen LogP contribution in [-0.4, -0.2) is 67.3 Å². The van der Waals surface area contributed by atoms with Crippen molar-refractivity contribution < 1.29 is 33.4 Å². The largest absolute Gasteiger partial charge is 0.484 e. The lowest BCUT2D eigenvalue weighted by Crippen LogP contribution is -2.51. The first kappa shape index (κ1) is 34.1. The van der Waals surface area contributed by atoms with E-state index in [0.29, 0.717) is 37.4 Å². The summed E-state index contributed by atoms with van der Waals surface area (Å²) in [5.41, 5.74) is 1.65. The molecule has 0 spiro atoms. The summed E-state index contributed by atoms with van der Waals surface area (Å²) >= 11 is 0. The van der Waals surface area contributed by atoms with Gasteiger partial charge in [0.05, 0.1) is 6.54 Å². The van der Waals surface area contributed by atoms with Crippen molar-refractivity contribution in [2.45, 2.75) is 90.6 Å². The third kappa shape index (κ3) is 10.4. The first-order chi connectivity index (χ1) is 19.9. The van der Waals surface area contributed by atoms with Gasteiger partial charge >= 0.3 is 6.09 Å². The number of hydrogen-bond acceptors (Lipinski definition) is 7. The lowest BCUT2D eigenvalue weighted by Gasteiger charge is -2.41. The summed E-state index contributed by atoms with van der Waals surface area (Å²) in [4.78, 5) is 38.8. The van der Waals surface area contributed by atoms with Crippen LogP contribution in [0.3, 0.4) is 0 Å². The number of likely N-dealkylation sites (tertiary alicyclic amines) is 1. The number of carbonyl (C=O) groups excluding carboxylic acids is 3. The molecule has 0 bridgehead atoms. The van der Waals surface area contributed by atoms with Crippen LogP contribution >= 0.6 is 0 Å². The van der Waals surface area contributed by atoms with Gasteiger partial charge in [-0.3, -0.25) is 9.59 Å². The van der Waals surface area contributed by atoms with Gasteiger partial charge in [-0.25, -0.2) is 4.79 Å². The van der Waals surface area contributed by atoms with Crippen molar-refractivity contribution in [3.63, 3.8) is 0 Å². The maximum atomic E-state index is 12.8. The lowest BCUT2D eigenvalue weighted by atomic mass is 10.1. The van der Waals surface area contributed by atoms with Crippen LogP contribution in [0.4, 0.5) is 4.79 Å². The number of carbonyl (C=O) groups is 3. The first-order valence-electron chi connectivity index (χ1n) is 14.6. The molecule has 43 heavy (non-hydrogen) atoms. The quantitative estimate of drug-likeness (QED) is 0.255. The van der Waals surface area contributed by atoms with Crippen molar-refractivity contribution in [3.05, 3.63) is 65.2 Å². The van der Waals surface area contributed by atoms with Crippen molar-refractivity contribution in [1.82, 2.24) is 15.5 Å². The third-order valence-corrected chi connectivity index (χ3v) is 12.1. The lowest BCUT2D eigenvalue weighted by molar-refractivity contribution is -0.147. The Morgan fingerprint density at radius 2 is 1.47 bits per heavy atom. The number of alkyl carbamates (subject to hydrolysis) is 1. The zero-order valence-corrected chi connectivity index (χ0v) is 27.7. The molecule has 1 aliphatic rings. The average Bonchev–Trinajstić information content (AvgIpc) is 3.29. The van der Waals surface area contributed by atoms with E-state index in [1.54, 1.807) is 62.1 Å². The summed E-state index contributed by atoms with van der Waals surface area (Å²) in [6, 6.07) is 14.1. The van der Waals surface area contributed by atoms with Crippen molar-refractivity contribution in [1.29, 1.82) is 0 Å². The van der Waals surface area contributed by atoms with Gasteiger partial charge in [-0.1, -0.05) is 45.0 Å². The SMILES string of the molecule is CC(C)(C)OC(=O)NCc1ccc(C(=O)NCc2ccc(OCC(=O)N3CCC(O)(O[Si](C)(C)C(C)(C)C)C3)cc2)cc1. The zero-order chi connectivity index (χ0) is 32.1. The maximum absolute atomic E-state index is 12.8. The van der Waals surface area contributed by atoms with Crippen LogP contribution < -0.4 is 15.4 Å². The van der Waals surface area contributed by atoms with Gasteiger partial charge in [0.1, 0.15) is 11.4 Å². The molecule has 0 aromatic heterocycles. The fraction of sp³-hybridized carbons (Fsp3) is 0.531. The molecule has 236 valence electrons. The molecule has 0 saturated carbocycles. The monoisotopic (exact) mass is 613 g/mol. The Morgan fingerprint density at radius 1 is 0.907 bits per heavy atom. The summed E-state index contributed by atoms with van der Waals surface area (Å²) in [5.74, 6) is -1.23. The number of nitrogens with zero attached hydrogens (tertiary/aromatic N) is 1. The Hall–Kier alpha value is -3.41. The molecule has 0 aliphatic carbocycles. The van der Waals surface area contributed by atoms with Gasteiger partial charge in [0.15, 0.2) is 20.7 Å². The Bertz CT molecular complexity index is 1270. The number of β-amino-alcohol motifs (C(OH)–C–C–N with tert-alkyl or cyclic N) is 1. The minimum atomic E-state index is -2.19. The molecular weight excluding hydrogens is 566 g/mol. The van der Waals surface area contributed by atoms with Crippen LogP contribution in [-0.2, 0) is 27.0 Å². The standard InChI is InChI=1S/C32H47N3O7Si/c1-30(2,3)41-29(38)34-20-23-9-13-25(14-10-23)28(37)33-19-24-11-15-26(16-12-24)40-21-27(36)35-18-17-32(39,22-35)42-43(7,8)31(4,5)6/h9-16,39H,17-22H2,1-8H3,(H,33,37)(H,34,38). The Labute approximate surface area is 256 Å². The van der Waals surface area contributed by atoms with Crippen molar-refractivity contribution in [3.8, 4) is 5.75 Å². The van der Waals surface area contributed by atoms with Crippen molar-refractivity contribution in [2.24, 2.45) is 0 Å². The number of nitrogens with one attached hydrogen (secondary N) is 2. The molecule has 3 amide bonds. The van der Waals surface area contributed by atoms with E-state index in [2.05, 4.69) is 44.5 Å². The van der Waals surface area contributed by atoms with E-state index in [9.17, 15) is 19.5 Å². The minimum Gasteiger partial charge on any atom is -0.484 e. The minimum absolute atomic E-state index is 0.0483. The molecule has 1 unspecified atom stereocenters. The average molecular weight is 614 g/mol. The van der Waals surface area contributed by atoms with Crippen LogP contribution in [0.25, 0.3) is 0 Å². The summed E-state index contributed by atoms with van der Waals surface area (Å²) in [6.45, 7) is 16.9. The maximum Gasteiger partial charge on any atom is 0.407 e. The topological polar surface area (TPSA) is 126 Å². The van der Waals surface area contributed by atoms with Gasteiger partial charge in [-0.15, -0.1) is 0 Å². The Balaban J connectivity index is 1.41. The molecule has 2 aromatic rings. The van der Waals surface area contributed by atoms with E-state index < -0.39 is 25.8 Å². The van der Waals surface area contributed by atoms with E-state index in [0.717, 1.165) is 11.1 Å². The molecule has 2 aromatic carbocycles. The van der Waals surface area contributed by atoms with Gasteiger partial charge in [-0.05, 0) is 74.3 Å². The fourth-order valence-electron chi connectivity index (χ4n) is 4.18.